The van der Waals surface area contributed by atoms with E-state index in [0.29, 0.717) is 5.41 Å². The number of anilines is 1. The largest absolute Gasteiger partial charge is 0.383 e. The zero-order chi connectivity index (χ0) is 15.3. The van der Waals surface area contributed by atoms with Crippen LogP contribution in [0.15, 0.2) is 0 Å². The molecule has 0 radical (unpaired) electrons. The van der Waals surface area contributed by atoms with Crippen LogP contribution in [0.1, 0.15) is 43.7 Å². The van der Waals surface area contributed by atoms with Crippen LogP contribution in [0.25, 0.3) is 0 Å². The van der Waals surface area contributed by atoms with Crippen LogP contribution in [0.4, 0.5) is 5.13 Å². The van der Waals surface area contributed by atoms with Crippen LogP contribution < -0.4 is 10.2 Å². The van der Waals surface area contributed by atoms with Crippen LogP contribution in [0.2, 0.25) is 0 Å². The molecule has 2 heterocycles. The zero-order valence-corrected chi connectivity index (χ0v) is 14.7. The van der Waals surface area contributed by atoms with Crippen molar-refractivity contribution in [1.29, 1.82) is 0 Å². The van der Waals surface area contributed by atoms with Crippen molar-refractivity contribution < 1.29 is 4.74 Å². The predicted molar refractivity (Wildman–Crippen MR) is 90.3 cm³/mol. The number of ether oxygens (including phenoxy) is 1. The molecule has 1 fully saturated rings. The second-order valence-electron chi connectivity index (χ2n) is 6.05. The lowest BCUT2D eigenvalue weighted by atomic mass is 9.82. The molecule has 4 nitrogen and oxygen atoms in total. The van der Waals surface area contributed by atoms with Crippen molar-refractivity contribution in [2.45, 2.75) is 46.6 Å². The summed E-state index contributed by atoms with van der Waals surface area (Å²) in [5.74, 6) is 0. The summed E-state index contributed by atoms with van der Waals surface area (Å²) in [4.78, 5) is 8.64. The van der Waals surface area contributed by atoms with E-state index in [-0.39, 0.29) is 0 Å². The molecular formula is C16H29N3OS. The minimum Gasteiger partial charge on any atom is -0.383 e. The fourth-order valence-corrected chi connectivity index (χ4v) is 4.07. The third-order valence-corrected chi connectivity index (χ3v) is 6.08. The van der Waals surface area contributed by atoms with Crippen LogP contribution in [-0.2, 0) is 11.3 Å². The molecule has 1 aliphatic heterocycles. The van der Waals surface area contributed by atoms with E-state index < -0.39 is 0 Å². The van der Waals surface area contributed by atoms with Gasteiger partial charge in [-0.1, -0.05) is 13.8 Å². The Kier molecular flexibility index (Phi) is 6.02. The van der Waals surface area contributed by atoms with Gasteiger partial charge in [0.15, 0.2) is 5.13 Å². The number of nitrogens with one attached hydrogen (secondary N) is 1. The molecule has 0 bridgehead atoms. The monoisotopic (exact) mass is 311 g/mol. The summed E-state index contributed by atoms with van der Waals surface area (Å²) in [5, 5.41) is 4.62. The molecule has 1 aromatic rings. The summed E-state index contributed by atoms with van der Waals surface area (Å²) in [6.45, 7) is 11.6. The summed E-state index contributed by atoms with van der Waals surface area (Å²) < 4.78 is 5.06. The highest BCUT2D eigenvalue weighted by atomic mass is 32.1. The molecule has 0 atom stereocenters. The van der Waals surface area contributed by atoms with E-state index in [1.807, 2.05) is 11.3 Å². The lowest BCUT2D eigenvalue weighted by Gasteiger charge is -2.26. The smallest absolute Gasteiger partial charge is 0.185 e. The molecule has 1 aromatic heterocycles. The topological polar surface area (TPSA) is 37.4 Å². The Labute approximate surface area is 132 Å². The fourth-order valence-electron chi connectivity index (χ4n) is 3.01. The lowest BCUT2D eigenvalue weighted by molar-refractivity contribution is 0.199. The summed E-state index contributed by atoms with van der Waals surface area (Å²) in [6, 6.07) is 0. The van der Waals surface area contributed by atoms with Crippen molar-refractivity contribution in [2.75, 3.05) is 38.3 Å². The Morgan fingerprint density at radius 3 is 2.76 bits per heavy atom. The average molecular weight is 311 g/mol. The van der Waals surface area contributed by atoms with E-state index in [4.69, 9.17) is 9.72 Å². The number of thiazole rings is 1. The molecule has 1 aliphatic rings. The molecular weight excluding hydrogens is 282 g/mol. The maximum absolute atomic E-state index is 5.06. The molecule has 120 valence electrons. The number of aromatic nitrogens is 1. The highest BCUT2D eigenvalue weighted by molar-refractivity contribution is 7.15. The third-order valence-electron chi connectivity index (χ3n) is 4.86. The molecule has 5 heteroatoms. The quantitative estimate of drug-likeness (QED) is 0.748. The molecule has 0 saturated carbocycles. The predicted octanol–water partition coefficient (Wildman–Crippen LogP) is 3.20. The molecule has 0 spiro atoms. The Bertz CT molecular complexity index is 443. The Morgan fingerprint density at radius 1 is 1.38 bits per heavy atom. The second kappa shape index (κ2) is 7.56. The van der Waals surface area contributed by atoms with Crippen LogP contribution in [0.5, 0.6) is 0 Å². The zero-order valence-electron chi connectivity index (χ0n) is 13.9. The van der Waals surface area contributed by atoms with Gasteiger partial charge < -0.3 is 15.0 Å². The number of nitrogens with zero attached hydrogens (tertiary/aromatic N) is 2. The molecule has 21 heavy (non-hydrogen) atoms. The van der Waals surface area contributed by atoms with Gasteiger partial charge in [-0.3, -0.25) is 0 Å². The minimum atomic E-state index is 0.510. The highest BCUT2D eigenvalue weighted by Gasteiger charge is 2.36. The van der Waals surface area contributed by atoms with Crippen molar-refractivity contribution >= 4 is 16.5 Å². The van der Waals surface area contributed by atoms with Gasteiger partial charge in [-0.25, -0.2) is 4.98 Å². The van der Waals surface area contributed by atoms with Gasteiger partial charge in [0.2, 0.25) is 0 Å². The first kappa shape index (κ1) is 16.7. The standard InChI is InChI=1S/C16H29N3OS/c1-5-16(6-2)7-9-19(12-16)15-18-13(3)14(21-15)11-17-8-10-20-4/h17H,5-12H2,1-4H3. The van der Waals surface area contributed by atoms with Crippen LogP contribution >= 0.6 is 11.3 Å². The van der Waals surface area contributed by atoms with E-state index in [1.54, 1.807) is 7.11 Å². The first-order valence-electron chi connectivity index (χ1n) is 8.05. The van der Waals surface area contributed by atoms with Gasteiger partial charge in [-0.15, -0.1) is 11.3 Å². The Morgan fingerprint density at radius 2 is 2.14 bits per heavy atom. The summed E-state index contributed by atoms with van der Waals surface area (Å²) in [5.41, 5.74) is 1.68. The number of methoxy groups -OCH3 is 1. The number of rotatable bonds is 8. The van der Waals surface area contributed by atoms with Crippen LogP contribution in [-0.4, -0.2) is 38.3 Å². The van der Waals surface area contributed by atoms with Gasteiger partial charge in [0, 0.05) is 38.2 Å². The third kappa shape index (κ3) is 3.96. The van der Waals surface area contributed by atoms with E-state index in [1.165, 1.54) is 41.5 Å². The van der Waals surface area contributed by atoms with Gasteiger partial charge in [0.05, 0.1) is 12.3 Å². The van der Waals surface area contributed by atoms with E-state index >= 15 is 0 Å². The first-order chi connectivity index (χ1) is 10.1. The molecule has 1 N–H and O–H groups in total. The number of hydrogen-bond donors (Lipinski definition) is 1. The minimum absolute atomic E-state index is 0.510. The summed E-state index contributed by atoms with van der Waals surface area (Å²) in [7, 11) is 1.73. The summed E-state index contributed by atoms with van der Waals surface area (Å²) in [6.07, 6.45) is 3.85. The molecule has 0 aliphatic carbocycles. The van der Waals surface area contributed by atoms with Gasteiger partial charge in [0.1, 0.15) is 0 Å². The van der Waals surface area contributed by atoms with Gasteiger partial charge in [0.25, 0.3) is 0 Å². The lowest BCUT2D eigenvalue weighted by Crippen LogP contribution is -2.25. The van der Waals surface area contributed by atoms with E-state index in [2.05, 4.69) is 31.0 Å². The second-order valence-corrected chi connectivity index (χ2v) is 7.12. The fraction of sp³-hybridized carbons (Fsp3) is 0.812. The Hall–Kier alpha value is -0.650. The Balaban J connectivity index is 1.96. The first-order valence-corrected chi connectivity index (χ1v) is 8.86. The highest BCUT2D eigenvalue weighted by Crippen LogP contribution is 2.40. The normalized spacial score (nSPS) is 17.6. The average Bonchev–Trinajstić information content (AvgIpc) is 3.08. The van der Waals surface area contributed by atoms with Gasteiger partial charge in [-0.2, -0.15) is 0 Å². The molecule has 0 unspecified atom stereocenters. The van der Waals surface area contributed by atoms with Crippen molar-refractivity contribution in [3.8, 4) is 0 Å². The van der Waals surface area contributed by atoms with E-state index in [9.17, 15) is 0 Å². The SMILES string of the molecule is CCC1(CC)CCN(c2nc(C)c(CNCCOC)s2)C1. The molecule has 2 rings (SSSR count). The molecule has 0 aromatic carbocycles. The van der Waals surface area contributed by atoms with Gasteiger partial charge in [-0.05, 0) is 31.6 Å². The van der Waals surface area contributed by atoms with Crippen molar-refractivity contribution in [1.82, 2.24) is 10.3 Å². The van der Waals surface area contributed by atoms with Crippen LogP contribution in [0.3, 0.4) is 0 Å². The van der Waals surface area contributed by atoms with Crippen molar-refractivity contribution in [3.63, 3.8) is 0 Å². The summed E-state index contributed by atoms with van der Waals surface area (Å²) >= 11 is 1.85. The molecule has 1 saturated heterocycles. The maximum Gasteiger partial charge on any atom is 0.185 e. The van der Waals surface area contributed by atoms with Crippen LogP contribution in [0, 0.1) is 12.3 Å². The number of hydrogen-bond acceptors (Lipinski definition) is 5. The van der Waals surface area contributed by atoms with Crippen molar-refractivity contribution in [2.24, 2.45) is 5.41 Å². The molecule has 0 amide bonds. The van der Waals surface area contributed by atoms with E-state index in [0.717, 1.165) is 26.2 Å². The number of aryl methyl sites for hydroxylation is 1. The maximum atomic E-state index is 5.06. The van der Waals surface area contributed by atoms with Crippen molar-refractivity contribution in [3.05, 3.63) is 10.6 Å². The van der Waals surface area contributed by atoms with Gasteiger partial charge >= 0.3 is 0 Å².